The molecular formula is C17H29Cl2N3O. The van der Waals surface area contributed by atoms with Gasteiger partial charge in [0.05, 0.1) is 0 Å². The molecule has 23 heavy (non-hydrogen) atoms. The van der Waals surface area contributed by atoms with Gasteiger partial charge < -0.3 is 10.6 Å². The molecule has 0 saturated carbocycles. The molecule has 132 valence electrons. The Morgan fingerprint density at radius 2 is 1.78 bits per heavy atom. The lowest BCUT2D eigenvalue weighted by atomic mass is 10.1. The van der Waals surface area contributed by atoms with Gasteiger partial charge in [-0.1, -0.05) is 31.2 Å². The van der Waals surface area contributed by atoms with Crippen molar-refractivity contribution in [3.05, 3.63) is 35.4 Å². The second-order valence-corrected chi connectivity index (χ2v) is 5.93. The normalized spacial score (nSPS) is 15.4. The maximum atomic E-state index is 12.0. The van der Waals surface area contributed by atoms with Crippen molar-refractivity contribution in [1.82, 2.24) is 15.5 Å². The largest absolute Gasteiger partial charge is 0.352 e. The fraction of sp³-hybridized carbons (Fsp3) is 0.588. The van der Waals surface area contributed by atoms with E-state index in [0.717, 1.165) is 6.54 Å². The van der Waals surface area contributed by atoms with Crippen molar-refractivity contribution in [3.8, 4) is 0 Å². The Bertz CT molecular complexity index is 465. The molecule has 1 aromatic rings. The smallest absolute Gasteiger partial charge is 0.224 e. The van der Waals surface area contributed by atoms with Gasteiger partial charge in [-0.2, -0.15) is 0 Å². The first-order valence-corrected chi connectivity index (χ1v) is 7.92. The lowest BCUT2D eigenvalue weighted by Gasteiger charge is -2.18. The Morgan fingerprint density at radius 1 is 1.17 bits per heavy atom. The van der Waals surface area contributed by atoms with Gasteiger partial charge in [0.2, 0.25) is 5.91 Å². The van der Waals surface area contributed by atoms with E-state index in [1.165, 1.54) is 37.1 Å². The first kappa shape index (κ1) is 22.2. The summed E-state index contributed by atoms with van der Waals surface area (Å²) in [5.74, 6) is 0.112. The van der Waals surface area contributed by atoms with Crippen LogP contribution in [0.2, 0.25) is 0 Å². The average molecular weight is 362 g/mol. The third-order valence-electron chi connectivity index (χ3n) is 4.12. The molecule has 0 spiro atoms. The molecule has 1 fully saturated rings. The predicted molar refractivity (Wildman–Crippen MR) is 100 cm³/mol. The van der Waals surface area contributed by atoms with Crippen LogP contribution in [0.3, 0.4) is 0 Å². The van der Waals surface area contributed by atoms with E-state index < -0.39 is 0 Å². The Labute approximate surface area is 152 Å². The van der Waals surface area contributed by atoms with Gasteiger partial charge in [0.1, 0.15) is 0 Å². The molecule has 2 N–H and O–H groups in total. The summed E-state index contributed by atoms with van der Waals surface area (Å²) in [6.07, 6.45) is 2.61. The van der Waals surface area contributed by atoms with Gasteiger partial charge in [-0.05, 0) is 44.1 Å². The van der Waals surface area contributed by atoms with E-state index in [9.17, 15) is 4.79 Å². The fourth-order valence-electron chi connectivity index (χ4n) is 2.82. The first-order valence-electron chi connectivity index (χ1n) is 7.92. The van der Waals surface area contributed by atoms with E-state index in [4.69, 9.17) is 0 Å². The summed E-state index contributed by atoms with van der Waals surface area (Å²) in [7, 11) is 1.87. The number of halogens is 2. The molecule has 1 unspecified atom stereocenters. The summed E-state index contributed by atoms with van der Waals surface area (Å²) >= 11 is 0. The third-order valence-corrected chi connectivity index (χ3v) is 4.12. The molecule has 4 nitrogen and oxygen atoms in total. The maximum Gasteiger partial charge on any atom is 0.224 e. The number of amides is 1. The van der Waals surface area contributed by atoms with Crippen LogP contribution in [0.4, 0.5) is 0 Å². The highest BCUT2D eigenvalue weighted by molar-refractivity contribution is 5.85. The lowest BCUT2D eigenvalue weighted by molar-refractivity contribution is -0.124. The number of nitrogens with zero attached hydrogens (tertiary/aromatic N) is 1. The number of hydrogen-bond acceptors (Lipinski definition) is 3. The second kappa shape index (κ2) is 11.7. The van der Waals surface area contributed by atoms with Crippen molar-refractivity contribution in [2.75, 3.05) is 26.7 Å². The summed E-state index contributed by atoms with van der Waals surface area (Å²) in [4.78, 5) is 14.5. The van der Waals surface area contributed by atoms with Crippen molar-refractivity contribution in [2.24, 2.45) is 5.92 Å². The van der Waals surface area contributed by atoms with Gasteiger partial charge in [-0.3, -0.25) is 9.69 Å². The summed E-state index contributed by atoms with van der Waals surface area (Å²) in [5, 5.41) is 6.09. The maximum absolute atomic E-state index is 12.0. The van der Waals surface area contributed by atoms with Crippen LogP contribution in [0.1, 0.15) is 30.9 Å². The van der Waals surface area contributed by atoms with Crippen LogP contribution >= 0.6 is 24.8 Å². The van der Waals surface area contributed by atoms with Crippen LogP contribution in [-0.2, 0) is 17.9 Å². The number of likely N-dealkylation sites (tertiary alicyclic amines) is 1. The van der Waals surface area contributed by atoms with Crippen molar-refractivity contribution >= 4 is 30.7 Å². The summed E-state index contributed by atoms with van der Waals surface area (Å²) in [5.41, 5.74) is 2.57. The van der Waals surface area contributed by atoms with Gasteiger partial charge in [-0.15, -0.1) is 24.8 Å². The van der Waals surface area contributed by atoms with Crippen LogP contribution in [0, 0.1) is 5.92 Å². The van der Waals surface area contributed by atoms with Crippen LogP contribution in [0.25, 0.3) is 0 Å². The molecule has 0 bridgehead atoms. The van der Waals surface area contributed by atoms with Crippen molar-refractivity contribution in [1.29, 1.82) is 0 Å². The third kappa shape index (κ3) is 7.08. The topological polar surface area (TPSA) is 44.4 Å². The Hall–Kier alpha value is -0.810. The number of hydrogen-bond donors (Lipinski definition) is 2. The standard InChI is InChI=1S/C17H27N3O.2ClH/c1-14(11-18-2)17(21)19-12-15-7-3-4-8-16(15)13-20-9-5-6-10-20;;/h3-4,7-8,14,18H,5-6,9-13H2,1-2H3,(H,19,21);2*1H. The molecule has 0 radical (unpaired) electrons. The van der Waals surface area contributed by atoms with Gasteiger partial charge in [0.15, 0.2) is 0 Å². The van der Waals surface area contributed by atoms with Gasteiger partial charge >= 0.3 is 0 Å². The quantitative estimate of drug-likeness (QED) is 0.784. The van der Waals surface area contributed by atoms with Gasteiger partial charge in [0, 0.05) is 25.6 Å². The minimum absolute atomic E-state index is 0. The monoisotopic (exact) mass is 361 g/mol. The van der Waals surface area contributed by atoms with E-state index in [1.807, 2.05) is 20.0 Å². The molecule has 6 heteroatoms. The van der Waals surface area contributed by atoms with E-state index in [0.29, 0.717) is 13.1 Å². The number of carbonyl (C=O) groups excluding carboxylic acids is 1. The molecule has 0 aliphatic carbocycles. The van der Waals surface area contributed by atoms with Crippen LogP contribution < -0.4 is 10.6 Å². The summed E-state index contributed by atoms with van der Waals surface area (Å²) in [6.45, 7) is 6.66. The van der Waals surface area contributed by atoms with E-state index in [1.54, 1.807) is 0 Å². The van der Waals surface area contributed by atoms with Gasteiger partial charge in [-0.25, -0.2) is 0 Å². The van der Waals surface area contributed by atoms with Crippen molar-refractivity contribution in [2.45, 2.75) is 32.9 Å². The minimum Gasteiger partial charge on any atom is -0.352 e. The second-order valence-electron chi connectivity index (χ2n) is 5.93. The molecule has 2 rings (SSSR count). The van der Waals surface area contributed by atoms with E-state index in [2.05, 4.69) is 33.7 Å². The van der Waals surface area contributed by atoms with Crippen molar-refractivity contribution < 1.29 is 4.79 Å². The highest BCUT2D eigenvalue weighted by atomic mass is 35.5. The van der Waals surface area contributed by atoms with Gasteiger partial charge in [0.25, 0.3) is 0 Å². The minimum atomic E-state index is 0. The molecule has 1 aliphatic heterocycles. The zero-order chi connectivity index (χ0) is 15.1. The first-order chi connectivity index (χ1) is 10.2. The zero-order valence-electron chi connectivity index (χ0n) is 14.0. The average Bonchev–Trinajstić information content (AvgIpc) is 2.99. The summed E-state index contributed by atoms with van der Waals surface area (Å²) in [6, 6.07) is 8.43. The Balaban J connectivity index is 0.00000242. The van der Waals surface area contributed by atoms with E-state index >= 15 is 0 Å². The highest BCUT2D eigenvalue weighted by Crippen LogP contribution is 2.16. The molecule has 1 aromatic carbocycles. The highest BCUT2D eigenvalue weighted by Gasteiger charge is 2.15. The van der Waals surface area contributed by atoms with E-state index in [-0.39, 0.29) is 36.6 Å². The number of benzene rings is 1. The zero-order valence-corrected chi connectivity index (χ0v) is 15.6. The number of nitrogens with one attached hydrogen (secondary N) is 2. The molecule has 0 aromatic heterocycles. The molecule has 1 atom stereocenters. The number of rotatable bonds is 7. The van der Waals surface area contributed by atoms with Crippen LogP contribution in [0.5, 0.6) is 0 Å². The van der Waals surface area contributed by atoms with Crippen LogP contribution in [-0.4, -0.2) is 37.5 Å². The van der Waals surface area contributed by atoms with Crippen molar-refractivity contribution in [3.63, 3.8) is 0 Å². The lowest BCUT2D eigenvalue weighted by Crippen LogP contribution is -2.34. The van der Waals surface area contributed by atoms with Crippen LogP contribution in [0.15, 0.2) is 24.3 Å². The summed E-state index contributed by atoms with van der Waals surface area (Å²) < 4.78 is 0. The Morgan fingerprint density at radius 3 is 2.39 bits per heavy atom. The predicted octanol–water partition coefficient (Wildman–Crippen LogP) is 2.60. The molecule has 1 saturated heterocycles. The molecular weight excluding hydrogens is 333 g/mol. The number of carbonyl (C=O) groups is 1. The molecule has 1 amide bonds. The molecule has 1 heterocycles. The fourth-order valence-corrected chi connectivity index (χ4v) is 2.82. The molecule has 1 aliphatic rings. The SMILES string of the molecule is CNCC(C)C(=O)NCc1ccccc1CN1CCCC1.Cl.Cl. The Kier molecular flexibility index (Phi) is 11.3.